The van der Waals surface area contributed by atoms with Crippen molar-refractivity contribution in [1.82, 2.24) is 10.6 Å². The lowest BCUT2D eigenvalue weighted by atomic mass is 10.1. The maximum atomic E-state index is 12.6. The largest absolute Gasteiger partial charge is 0.493 e. The van der Waals surface area contributed by atoms with Crippen molar-refractivity contribution in [3.63, 3.8) is 0 Å². The van der Waals surface area contributed by atoms with Crippen molar-refractivity contribution in [1.29, 1.82) is 0 Å². The Hall–Kier alpha value is -3.42. The van der Waals surface area contributed by atoms with Gasteiger partial charge in [-0.25, -0.2) is 0 Å². The first kappa shape index (κ1) is 25.8. The third-order valence-corrected chi connectivity index (χ3v) is 4.72. The van der Waals surface area contributed by atoms with Gasteiger partial charge in [0.05, 0.1) is 27.4 Å². The normalized spacial score (nSPS) is 11.3. The molecule has 1 atom stereocenters. The molecule has 0 aliphatic carbocycles. The smallest absolute Gasteiger partial charge is 0.251 e. The van der Waals surface area contributed by atoms with Crippen molar-refractivity contribution < 1.29 is 28.5 Å². The number of carbonyl (C=O) groups excluding carboxylic acids is 2. The molecule has 2 aromatic carbocycles. The highest BCUT2D eigenvalue weighted by Crippen LogP contribution is 2.29. The van der Waals surface area contributed by atoms with E-state index in [1.54, 1.807) is 36.4 Å². The average Bonchev–Trinajstić information content (AvgIpc) is 2.84. The number of carbonyl (C=O) groups is 2. The zero-order valence-electron chi connectivity index (χ0n) is 20.0. The van der Waals surface area contributed by atoms with Gasteiger partial charge in [-0.2, -0.15) is 0 Å². The number of hydrogen-bond acceptors (Lipinski definition) is 6. The fourth-order valence-electron chi connectivity index (χ4n) is 2.99. The summed E-state index contributed by atoms with van der Waals surface area (Å²) >= 11 is 0. The molecule has 2 amide bonds. The summed E-state index contributed by atoms with van der Waals surface area (Å²) in [5.41, 5.74) is 0.892. The molecule has 33 heavy (non-hydrogen) atoms. The highest BCUT2D eigenvalue weighted by atomic mass is 16.5. The zero-order valence-corrected chi connectivity index (χ0v) is 20.0. The number of hydrogen-bond donors (Lipinski definition) is 2. The minimum absolute atomic E-state index is 0.260. The van der Waals surface area contributed by atoms with Crippen molar-refractivity contribution in [3.8, 4) is 23.0 Å². The molecule has 0 unspecified atom stereocenters. The van der Waals surface area contributed by atoms with Crippen LogP contribution in [0.2, 0.25) is 0 Å². The van der Waals surface area contributed by atoms with Gasteiger partial charge in [-0.1, -0.05) is 13.8 Å². The second-order valence-electron chi connectivity index (χ2n) is 7.51. The van der Waals surface area contributed by atoms with Gasteiger partial charge < -0.3 is 29.6 Å². The van der Waals surface area contributed by atoms with Crippen LogP contribution in [0.1, 0.15) is 54.3 Å². The quantitative estimate of drug-likeness (QED) is 0.474. The van der Waals surface area contributed by atoms with Crippen LogP contribution in [-0.4, -0.2) is 51.8 Å². The first-order chi connectivity index (χ1) is 15.9. The molecule has 0 aliphatic heterocycles. The molecule has 0 fully saturated rings. The van der Waals surface area contributed by atoms with E-state index < -0.39 is 0 Å². The van der Waals surface area contributed by atoms with Crippen LogP contribution in [0.5, 0.6) is 23.0 Å². The minimum atomic E-state index is -0.294. The van der Waals surface area contributed by atoms with Crippen molar-refractivity contribution in [3.05, 3.63) is 47.5 Å². The van der Waals surface area contributed by atoms with Crippen molar-refractivity contribution >= 4 is 11.8 Å². The molecule has 0 saturated heterocycles. The van der Waals surface area contributed by atoms with Crippen molar-refractivity contribution in [2.75, 3.05) is 34.0 Å². The maximum absolute atomic E-state index is 12.6. The van der Waals surface area contributed by atoms with Crippen LogP contribution in [0.15, 0.2) is 36.4 Å². The van der Waals surface area contributed by atoms with Crippen LogP contribution in [-0.2, 0) is 0 Å². The standard InChI is InChI=1S/C25H34N2O6/c1-6-12-32-20-10-8-18(14-22(20)30-4)24(28)26-16-17(3)27-25(29)19-9-11-21(33-13-7-2)23(15-19)31-5/h8-11,14-15,17H,6-7,12-13,16H2,1-5H3,(H,26,28)(H,27,29)/t17-/m1/s1. The number of amides is 2. The Morgan fingerprint density at radius 2 is 1.27 bits per heavy atom. The van der Waals surface area contributed by atoms with E-state index in [9.17, 15) is 9.59 Å². The lowest BCUT2D eigenvalue weighted by Crippen LogP contribution is -2.41. The lowest BCUT2D eigenvalue weighted by Gasteiger charge is -2.16. The molecule has 180 valence electrons. The molecule has 2 N–H and O–H groups in total. The number of methoxy groups -OCH3 is 2. The second kappa shape index (κ2) is 13.2. The van der Waals surface area contributed by atoms with Gasteiger partial charge >= 0.3 is 0 Å². The van der Waals surface area contributed by atoms with Gasteiger partial charge in [0.25, 0.3) is 11.8 Å². The van der Waals surface area contributed by atoms with Crippen molar-refractivity contribution in [2.45, 2.75) is 39.7 Å². The van der Waals surface area contributed by atoms with Crippen molar-refractivity contribution in [2.24, 2.45) is 0 Å². The molecule has 0 aromatic heterocycles. The van der Waals surface area contributed by atoms with Gasteiger partial charge in [0.1, 0.15) is 0 Å². The number of rotatable bonds is 13. The molecule has 8 nitrogen and oxygen atoms in total. The van der Waals surface area contributed by atoms with E-state index in [4.69, 9.17) is 18.9 Å². The summed E-state index contributed by atoms with van der Waals surface area (Å²) in [4.78, 5) is 25.2. The summed E-state index contributed by atoms with van der Waals surface area (Å²) in [5.74, 6) is 1.65. The Morgan fingerprint density at radius 3 is 1.73 bits per heavy atom. The Balaban J connectivity index is 1.93. The van der Waals surface area contributed by atoms with E-state index in [1.165, 1.54) is 14.2 Å². The summed E-state index contributed by atoms with van der Waals surface area (Å²) in [6.45, 7) is 7.24. The van der Waals surface area contributed by atoms with E-state index in [-0.39, 0.29) is 24.4 Å². The molecule has 0 saturated carbocycles. The predicted molar refractivity (Wildman–Crippen MR) is 127 cm³/mol. The van der Waals surface area contributed by atoms with Crippen LogP contribution in [0.25, 0.3) is 0 Å². The molecular formula is C25H34N2O6. The van der Waals surface area contributed by atoms with Gasteiger partial charge in [-0.15, -0.1) is 0 Å². The predicted octanol–water partition coefficient (Wildman–Crippen LogP) is 3.83. The first-order valence-corrected chi connectivity index (χ1v) is 11.1. The Kier molecular flexibility index (Phi) is 10.3. The number of benzene rings is 2. The molecule has 0 radical (unpaired) electrons. The van der Waals surface area contributed by atoms with E-state index in [2.05, 4.69) is 10.6 Å². The van der Waals surface area contributed by atoms with Crippen LogP contribution in [0.4, 0.5) is 0 Å². The van der Waals surface area contributed by atoms with Gasteiger partial charge in [0.2, 0.25) is 0 Å². The Labute approximate surface area is 195 Å². The monoisotopic (exact) mass is 458 g/mol. The van der Waals surface area contributed by atoms with Crippen LogP contribution >= 0.6 is 0 Å². The van der Waals surface area contributed by atoms with Gasteiger partial charge in [0.15, 0.2) is 23.0 Å². The van der Waals surface area contributed by atoms with Crippen LogP contribution in [0, 0.1) is 0 Å². The molecule has 0 spiro atoms. The SMILES string of the molecule is CCCOc1ccc(C(=O)NC[C@@H](C)NC(=O)c2ccc(OCCC)c(OC)c2)cc1OC. The Bertz CT molecular complexity index is 931. The average molecular weight is 459 g/mol. The Morgan fingerprint density at radius 1 is 0.788 bits per heavy atom. The highest BCUT2D eigenvalue weighted by molar-refractivity contribution is 5.96. The van der Waals surface area contributed by atoms with E-state index in [0.29, 0.717) is 47.3 Å². The topological polar surface area (TPSA) is 95.1 Å². The molecular weight excluding hydrogens is 424 g/mol. The zero-order chi connectivity index (χ0) is 24.2. The molecule has 2 aromatic rings. The number of ether oxygens (including phenoxy) is 4. The fraction of sp³-hybridized carbons (Fsp3) is 0.440. The third-order valence-electron chi connectivity index (χ3n) is 4.72. The summed E-state index contributed by atoms with van der Waals surface area (Å²) < 4.78 is 21.9. The molecule has 0 heterocycles. The molecule has 0 aliphatic rings. The lowest BCUT2D eigenvalue weighted by molar-refractivity contribution is 0.0912. The fourth-order valence-corrected chi connectivity index (χ4v) is 2.99. The molecule has 8 heteroatoms. The van der Waals surface area contributed by atoms with E-state index >= 15 is 0 Å². The van der Waals surface area contributed by atoms with E-state index in [1.807, 2.05) is 20.8 Å². The van der Waals surface area contributed by atoms with Crippen LogP contribution in [0.3, 0.4) is 0 Å². The summed E-state index contributed by atoms with van der Waals surface area (Å²) in [6, 6.07) is 9.78. The second-order valence-corrected chi connectivity index (χ2v) is 7.51. The third kappa shape index (κ3) is 7.59. The summed E-state index contributed by atoms with van der Waals surface area (Å²) in [6.07, 6.45) is 1.75. The molecule has 0 bridgehead atoms. The van der Waals surface area contributed by atoms with Gasteiger partial charge in [-0.3, -0.25) is 9.59 Å². The van der Waals surface area contributed by atoms with Crippen LogP contribution < -0.4 is 29.6 Å². The molecule has 2 rings (SSSR count). The first-order valence-electron chi connectivity index (χ1n) is 11.1. The summed E-state index contributed by atoms with van der Waals surface area (Å²) in [7, 11) is 3.07. The highest BCUT2D eigenvalue weighted by Gasteiger charge is 2.16. The van der Waals surface area contributed by atoms with E-state index in [0.717, 1.165) is 12.8 Å². The van der Waals surface area contributed by atoms with Gasteiger partial charge in [-0.05, 0) is 56.2 Å². The maximum Gasteiger partial charge on any atom is 0.251 e. The number of nitrogens with one attached hydrogen (secondary N) is 2. The summed E-state index contributed by atoms with van der Waals surface area (Å²) in [5, 5.41) is 5.71. The van der Waals surface area contributed by atoms with Gasteiger partial charge in [0, 0.05) is 23.7 Å². The minimum Gasteiger partial charge on any atom is -0.493 e.